The Morgan fingerprint density at radius 3 is 2.57 bits per heavy atom. The van der Waals surface area contributed by atoms with Gasteiger partial charge in [-0.1, -0.05) is 0 Å². The molecule has 0 bridgehead atoms. The van der Waals surface area contributed by atoms with Crippen LogP contribution < -0.4 is 0 Å². The molecule has 1 atom stereocenters. The van der Waals surface area contributed by atoms with Gasteiger partial charge in [-0.2, -0.15) is 0 Å². The Morgan fingerprint density at radius 1 is 1.57 bits per heavy atom. The molecule has 0 aromatic rings. The van der Waals surface area contributed by atoms with Crippen molar-refractivity contribution in [1.29, 1.82) is 0 Å². The lowest BCUT2D eigenvalue weighted by Crippen LogP contribution is -2.07. The fourth-order valence-electron chi connectivity index (χ4n) is 0.706. The highest BCUT2D eigenvalue weighted by molar-refractivity contribution is 14.2. The third-order valence-electron chi connectivity index (χ3n) is 1.25. The van der Waals surface area contributed by atoms with Crippen LogP contribution in [-0.2, 0) is 0 Å². The molecule has 38 valence electrons. The Morgan fingerprint density at radius 2 is 2.43 bits per heavy atom. The summed E-state index contributed by atoms with van der Waals surface area (Å²) in [7, 11) is 2.27. The lowest BCUT2D eigenvalue weighted by Gasteiger charge is -1.97. The Balaban J connectivity index is 2.63. The average molecular weight is 208 g/mol. The summed E-state index contributed by atoms with van der Waals surface area (Å²) >= 11 is -0.569. The summed E-state index contributed by atoms with van der Waals surface area (Å²) in [6, 6.07) is 0. The Bertz CT molecular complexity index is 220. The zero-order valence-corrected chi connectivity index (χ0v) is 6.29. The van der Waals surface area contributed by atoms with Crippen LogP contribution in [0.2, 0.25) is 0 Å². The second kappa shape index (κ2) is 0.951. The lowest BCUT2D eigenvalue weighted by molar-refractivity contribution is -0.532. The van der Waals surface area contributed by atoms with Crippen molar-refractivity contribution in [2.24, 2.45) is 0 Å². The minimum atomic E-state index is -0.569. The van der Waals surface area contributed by atoms with Crippen LogP contribution in [0.4, 0.5) is 0 Å². The summed E-state index contributed by atoms with van der Waals surface area (Å²) in [6.07, 6.45) is 4.47. The van der Waals surface area contributed by atoms with Crippen LogP contribution in [0.25, 0.3) is 0 Å². The van der Waals surface area contributed by atoms with E-state index in [0.29, 0.717) is 0 Å². The van der Waals surface area contributed by atoms with E-state index in [2.05, 4.69) is 27.5 Å². The molecule has 2 rings (SSSR count). The SMILES string of the molecule is C[N+]12C=CC=I1=C2. The minimum absolute atomic E-state index is 0.569. The van der Waals surface area contributed by atoms with E-state index in [9.17, 15) is 0 Å². The van der Waals surface area contributed by atoms with Crippen LogP contribution in [0.3, 0.4) is 0 Å². The van der Waals surface area contributed by atoms with Crippen molar-refractivity contribution >= 4 is 27.3 Å². The van der Waals surface area contributed by atoms with Gasteiger partial charge >= 0.3 is 0 Å². The summed E-state index contributed by atoms with van der Waals surface area (Å²) in [5.41, 5.74) is 0. The molecule has 0 saturated carbocycles. The van der Waals surface area contributed by atoms with Crippen LogP contribution in [0.5, 0.6) is 0 Å². The van der Waals surface area contributed by atoms with E-state index in [1.165, 1.54) is 2.70 Å². The molecular weight excluding hydrogens is 201 g/mol. The van der Waals surface area contributed by atoms with Crippen molar-refractivity contribution in [3.05, 3.63) is 12.3 Å². The molecule has 0 amide bonds. The highest BCUT2D eigenvalue weighted by atomic mass is 127. The maximum atomic E-state index is 2.45. The normalized spacial score (nSPS) is 44.7. The van der Waals surface area contributed by atoms with Gasteiger partial charge in [0.2, 0.25) is 0 Å². The van der Waals surface area contributed by atoms with Crippen molar-refractivity contribution in [2.75, 3.05) is 7.05 Å². The smallest absolute Gasteiger partial charge is 0.185 e. The molecule has 0 aliphatic carbocycles. The summed E-state index contributed by atoms with van der Waals surface area (Å²) < 4.78 is 6.04. The molecule has 0 N–H and O–H groups in total. The summed E-state index contributed by atoms with van der Waals surface area (Å²) in [4.78, 5) is 0. The van der Waals surface area contributed by atoms with Gasteiger partial charge in [0.15, 0.2) is 4.14 Å². The average Bonchev–Trinajstić information content (AvgIpc) is 2.09. The maximum Gasteiger partial charge on any atom is 0.185 e. The van der Waals surface area contributed by atoms with Gasteiger partial charge in [-0.25, -0.2) is 2.70 Å². The molecule has 2 heteroatoms. The van der Waals surface area contributed by atoms with Crippen LogP contribution in [0, 0.1) is 0 Å². The highest BCUT2D eigenvalue weighted by Crippen LogP contribution is 2.43. The zero-order valence-electron chi connectivity index (χ0n) is 4.13. The number of rotatable bonds is 0. The van der Waals surface area contributed by atoms with E-state index in [-0.39, 0.29) is 0 Å². The van der Waals surface area contributed by atoms with E-state index in [0.717, 1.165) is 0 Å². The quantitative estimate of drug-likeness (QED) is 0.410. The molecular formula is C5H7IN+. The molecule has 7 heavy (non-hydrogen) atoms. The van der Waals surface area contributed by atoms with Gasteiger partial charge in [-0.05, 0) is 0 Å². The number of hydrogen-bond acceptors (Lipinski definition) is 0. The van der Waals surface area contributed by atoms with E-state index >= 15 is 0 Å². The molecule has 0 radical (unpaired) electrons. The number of allylic oxidation sites excluding steroid dienone is 1. The number of nitrogens with zero attached hydrogens (tertiary/aromatic N) is 1. The van der Waals surface area contributed by atoms with Crippen molar-refractivity contribution in [2.45, 2.75) is 0 Å². The van der Waals surface area contributed by atoms with Crippen molar-refractivity contribution in [1.82, 2.24) is 0 Å². The number of quaternary nitrogens is 1. The van der Waals surface area contributed by atoms with Crippen molar-refractivity contribution in [3.63, 3.8) is 0 Å². The summed E-state index contributed by atoms with van der Waals surface area (Å²) in [5, 5.41) is 0. The van der Waals surface area contributed by atoms with Gasteiger partial charge in [0.05, 0.1) is 7.05 Å². The molecule has 2 heterocycles. The molecule has 2 aliphatic rings. The predicted molar refractivity (Wildman–Crippen MR) is 41.5 cm³/mol. The Hall–Kier alpha value is 0.170. The zero-order chi connectivity index (χ0) is 4.91. The topological polar surface area (TPSA) is 0 Å². The van der Waals surface area contributed by atoms with Crippen molar-refractivity contribution in [3.8, 4) is 0 Å². The first-order chi connectivity index (χ1) is 3.31. The van der Waals surface area contributed by atoms with Crippen LogP contribution in [0.15, 0.2) is 12.3 Å². The third-order valence-corrected chi connectivity index (χ3v) is 6.56. The third kappa shape index (κ3) is 0.410. The molecule has 0 aromatic heterocycles. The molecule has 0 spiro atoms. The second-order valence-electron chi connectivity index (χ2n) is 1.92. The molecule has 1 unspecified atom stereocenters. The van der Waals surface area contributed by atoms with Gasteiger partial charge in [0.1, 0.15) is 25.3 Å². The number of hydrogen-bond donors (Lipinski definition) is 0. The minimum Gasteiger partial charge on any atom is -0.221 e. The number of fused-ring (bicyclic) bond motifs is 1. The highest BCUT2D eigenvalue weighted by Gasteiger charge is 2.34. The monoisotopic (exact) mass is 208 g/mol. The fraction of sp³-hybridized carbons (Fsp3) is 0.200. The van der Waals surface area contributed by atoms with Crippen LogP contribution >= 0.6 is 19.1 Å². The van der Waals surface area contributed by atoms with Crippen LogP contribution in [0.1, 0.15) is 0 Å². The summed E-state index contributed by atoms with van der Waals surface area (Å²) in [5.74, 6) is 0. The molecule has 0 fully saturated rings. The molecule has 0 aromatic carbocycles. The fourth-order valence-corrected chi connectivity index (χ4v) is 4.78. The largest absolute Gasteiger partial charge is 0.221 e. The first kappa shape index (κ1) is 4.09. The molecule has 2 aliphatic heterocycles. The van der Waals surface area contributed by atoms with Gasteiger partial charge in [-0.15, -0.1) is 0 Å². The summed E-state index contributed by atoms with van der Waals surface area (Å²) in [6.45, 7) is 0. The lowest BCUT2D eigenvalue weighted by atomic mass is 10.7. The van der Waals surface area contributed by atoms with Crippen molar-refractivity contribution < 1.29 is 2.70 Å². The van der Waals surface area contributed by atoms with E-state index in [1.807, 2.05) is 0 Å². The first-order valence-electron chi connectivity index (χ1n) is 2.24. The standard InChI is InChI=1S/C5H7IN/c1-7-4-2-3-6(7)5-7/h2-5H,1H3/q+1. The van der Waals surface area contributed by atoms with Gasteiger partial charge in [-0.3, -0.25) is 0 Å². The first-order valence-corrected chi connectivity index (χ1v) is 5.69. The van der Waals surface area contributed by atoms with Gasteiger partial charge in [0, 0.05) is 10.1 Å². The predicted octanol–water partition coefficient (Wildman–Crippen LogP) is 0.957. The molecule has 1 nitrogen and oxygen atoms in total. The Kier molecular flexibility index (Phi) is 0.555. The van der Waals surface area contributed by atoms with E-state index in [1.54, 1.807) is 0 Å². The van der Waals surface area contributed by atoms with Crippen LogP contribution in [-0.4, -0.2) is 17.9 Å². The van der Waals surface area contributed by atoms with Gasteiger partial charge < -0.3 is 0 Å². The number of halogens is 1. The van der Waals surface area contributed by atoms with E-state index in [4.69, 9.17) is 0 Å². The van der Waals surface area contributed by atoms with E-state index < -0.39 is 19.1 Å². The molecule has 0 saturated heterocycles. The second-order valence-corrected chi connectivity index (χ2v) is 7.10. The Labute approximate surface area is 49.6 Å². The maximum absolute atomic E-state index is 2.45. The van der Waals surface area contributed by atoms with Gasteiger partial charge in [0.25, 0.3) is 0 Å².